The van der Waals surface area contributed by atoms with Gasteiger partial charge in [-0.25, -0.2) is 0 Å². The number of aryl methyl sites for hydroxylation is 2. The number of fused-ring (bicyclic) bond motifs is 2. The number of hydrogen-bond acceptors (Lipinski definition) is 3. The van der Waals surface area contributed by atoms with Gasteiger partial charge >= 0.3 is 0 Å². The van der Waals surface area contributed by atoms with Crippen molar-refractivity contribution in [2.45, 2.75) is 52.0 Å². The van der Waals surface area contributed by atoms with Crippen molar-refractivity contribution in [3.05, 3.63) is 65.4 Å². The van der Waals surface area contributed by atoms with Crippen LogP contribution in [0.4, 0.5) is 5.69 Å². The lowest BCUT2D eigenvalue weighted by atomic mass is 9.87. The molecule has 2 heterocycles. The van der Waals surface area contributed by atoms with Crippen molar-refractivity contribution in [3.63, 3.8) is 0 Å². The first kappa shape index (κ1) is 23.6. The fourth-order valence-electron chi connectivity index (χ4n) is 5.63. The standard InChI is InChI=1S/C29H36N4O2/c1-2-3-13-30-28(34)22-14-23(29(35)32-25-12-11-20-7-6-8-21(20)15-25)18-33(17-22)19-24-16-31-27-10-5-4-9-26(24)27/h4-5,9-12,15-16,22-23,31H,2-3,6-8,13-14,17-19H2,1H3,(H,30,34)(H,32,35)/t22-,23+/m0/s1. The molecule has 1 aromatic heterocycles. The largest absolute Gasteiger partial charge is 0.361 e. The zero-order valence-corrected chi connectivity index (χ0v) is 20.6. The van der Waals surface area contributed by atoms with Crippen LogP contribution in [0.15, 0.2) is 48.7 Å². The molecule has 0 spiro atoms. The lowest BCUT2D eigenvalue weighted by Gasteiger charge is -2.36. The highest BCUT2D eigenvalue weighted by atomic mass is 16.2. The van der Waals surface area contributed by atoms with E-state index in [9.17, 15) is 9.59 Å². The second-order valence-corrected chi connectivity index (χ2v) is 10.2. The maximum absolute atomic E-state index is 13.4. The molecule has 2 atom stereocenters. The van der Waals surface area contributed by atoms with Gasteiger partial charge in [-0.1, -0.05) is 37.6 Å². The summed E-state index contributed by atoms with van der Waals surface area (Å²) in [6.45, 7) is 4.84. The Morgan fingerprint density at radius 1 is 1.03 bits per heavy atom. The SMILES string of the molecule is CCCCNC(=O)[C@H]1C[C@@H](C(=O)Nc2ccc3c(c2)CCC3)CN(Cc2c[nH]c3ccccc23)C1. The van der Waals surface area contributed by atoms with Gasteiger partial charge in [0.15, 0.2) is 0 Å². The molecular formula is C29H36N4O2. The Kier molecular flexibility index (Phi) is 7.19. The number of carbonyl (C=O) groups excluding carboxylic acids is 2. The van der Waals surface area contributed by atoms with Gasteiger partial charge in [0.2, 0.25) is 11.8 Å². The minimum atomic E-state index is -0.232. The Morgan fingerprint density at radius 2 is 1.83 bits per heavy atom. The van der Waals surface area contributed by atoms with E-state index < -0.39 is 0 Å². The third kappa shape index (κ3) is 5.43. The molecule has 6 heteroatoms. The van der Waals surface area contributed by atoms with Gasteiger partial charge in [0.1, 0.15) is 0 Å². The van der Waals surface area contributed by atoms with Crippen molar-refractivity contribution in [2.24, 2.45) is 11.8 Å². The molecule has 3 N–H and O–H groups in total. The van der Waals surface area contributed by atoms with Crippen LogP contribution in [-0.2, 0) is 29.0 Å². The van der Waals surface area contributed by atoms with Gasteiger partial charge in [-0.05, 0) is 67.0 Å². The van der Waals surface area contributed by atoms with Gasteiger partial charge in [0, 0.05) is 49.0 Å². The number of benzene rings is 2. The predicted molar refractivity (Wildman–Crippen MR) is 140 cm³/mol. The fourth-order valence-corrected chi connectivity index (χ4v) is 5.63. The molecule has 1 fully saturated rings. The molecule has 0 unspecified atom stereocenters. The molecule has 1 aliphatic heterocycles. The van der Waals surface area contributed by atoms with Crippen LogP contribution < -0.4 is 10.6 Å². The van der Waals surface area contributed by atoms with E-state index >= 15 is 0 Å². The summed E-state index contributed by atoms with van der Waals surface area (Å²) in [6, 6.07) is 14.6. The minimum Gasteiger partial charge on any atom is -0.361 e. The van der Waals surface area contributed by atoms with Crippen LogP contribution in [0.3, 0.4) is 0 Å². The first-order chi connectivity index (χ1) is 17.1. The van der Waals surface area contributed by atoms with E-state index in [-0.39, 0.29) is 23.7 Å². The number of unbranched alkanes of at least 4 members (excludes halogenated alkanes) is 1. The smallest absolute Gasteiger partial charge is 0.228 e. The van der Waals surface area contributed by atoms with Crippen molar-refractivity contribution in [2.75, 3.05) is 25.0 Å². The van der Waals surface area contributed by atoms with Crippen molar-refractivity contribution < 1.29 is 9.59 Å². The summed E-state index contributed by atoms with van der Waals surface area (Å²) in [5.74, 6) is -0.346. The molecule has 0 saturated carbocycles. The molecule has 35 heavy (non-hydrogen) atoms. The number of nitrogens with one attached hydrogen (secondary N) is 3. The molecule has 2 aromatic carbocycles. The number of likely N-dealkylation sites (tertiary alicyclic amines) is 1. The van der Waals surface area contributed by atoms with Gasteiger partial charge in [0.25, 0.3) is 0 Å². The monoisotopic (exact) mass is 472 g/mol. The summed E-state index contributed by atoms with van der Waals surface area (Å²) < 4.78 is 0. The first-order valence-electron chi connectivity index (χ1n) is 13.1. The number of para-hydroxylation sites is 1. The number of carbonyl (C=O) groups is 2. The lowest BCUT2D eigenvalue weighted by molar-refractivity contribution is -0.130. The number of hydrogen-bond donors (Lipinski definition) is 3. The predicted octanol–water partition coefficient (Wildman–Crippen LogP) is 4.65. The number of anilines is 1. The van der Waals surface area contributed by atoms with Gasteiger partial charge in [-0.15, -0.1) is 0 Å². The molecule has 0 bridgehead atoms. The van der Waals surface area contributed by atoms with E-state index in [1.54, 1.807) is 0 Å². The Morgan fingerprint density at radius 3 is 2.69 bits per heavy atom. The van der Waals surface area contributed by atoms with Gasteiger partial charge in [-0.3, -0.25) is 14.5 Å². The van der Waals surface area contributed by atoms with E-state index in [1.165, 1.54) is 28.5 Å². The average Bonchev–Trinajstić information content (AvgIpc) is 3.51. The average molecular weight is 473 g/mol. The Bertz CT molecular complexity index is 1200. The van der Waals surface area contributed by atoms with E-state index in [4.69, 9.17) is 0 Å². The fraction of sp³-hybridized carbons (Fsp3) is 0.448. The highest BCUT2D eigenvalue weighted by Gasteiger charge is 2.35. The third-order valence-electron chi connectivity index (χ3n) is 7.53. The lowest BCUT2D eigenvalue weighted by Crippen LogP contribution is -2.49. The molecule has 184 valence electrons. The molecule has 3 aromatic rings. The van der Waals surface area contributed by atoms with Crippen LogP contribution in [-0.4, -0.2) is 41.3 Å². The summed E-state index contributed by atoms with van der Waals surface area (Å²) in [5.41, 5.74) is 5.92. The Labute approximate surface area is 207 Å². The van der Waals surface area contributed by atoms with Crippen LogP contribution in [0.1, 0.15) is 49.3 Å². The van der Waals surface area contributed by atoms with Crippen LogP contribution >= 0.6 is 0 Å². The Hall–Kier alpha value is -3.12. The number of aromatic nitrogens is 1. The number of amides is 2. The Balaban J connectivity index is 1.31. The molecule has 5 rings (SSSR count). The quantitative estimate of drug-likeness (QED) is 0.418. The van der Waals surface area contributed by atoms with Crippen molar-refractivity contribution in [1.29, 1.82) is 0 Å². The summed E-state index contributed by atoms with van der Waals surface area (Å²) in [5, 5.41) is 7.45. The molecule has 0 radical (unpaired) electrons. The molecule has 1 saturated heterocycles. The highest BCUT2D eigenvalue weighted by Crippen LogP contribution is 2.29. The molecule has 1 aliphatic carbocycles. The number of nitrogens with zero attached hydrogens (tertiary/aromatic N) is 1. The summed E-state index contributed by atoms with van der Waals surface area (Å²) in [4.78, 5) is 32.0. The van der Waals surface area contributed by atoms with Crippen LogP contribution in [0, 0.1) is 11.8 Å². The van der Waals surface area contributed by atoms with Crippen LogP contribution in [0.5, 0.6) is 0 Å². The normalized spacial score (nSPS) is 20.0. The van der Waals surface area contributed by atoms with Crippen LogP contribution in [0.2, 0.25) is 0 Å². The summed E-state index contributed by atoms with van der Waals surface area (Å²) in [6.07, 6.45) is 8.05. The highest BCUT2D eigenvalue weighted by molar-refractivity contribution is 5.93. The zero-order valence-electron chi connectivity index (χ0n) is 20.6. The number of piperidine rings is 1. The van der Waals surface area contributed by atoms with Crippen molar-refractivity contribution >= 4 is 28.4 Å². The number of aromatic amines is 1. The van der Waals surface area contributed by atoms with E-state index in [0.29, 0.717) is 32.6 Å². The van der Waals surface area contributed by atoms with E-state index in [1.807, 2.05) is 18.2 Å². The zero-order chi connectivity index (χ0) is 24.2. The minimum absolute atomic E-state index is 0.0120. The number of H-pyrrole nitrogens is 1. The second-order valence-electron chi connectivity index (χ2n) is 10.2. The maximum atomic E-state index is 13.4. The van der Waals surface area contributed by atoms with E-state index in [0.717, 1.165) is 36.9 Å². The maximum Gasteiger partial charge on any atom is 0.228 e. The van der Waals surface area contributed by atoms with E-state index in [2.05, 4.69) is 57.9 Å². The van der Waals surface area contributed by atoms with Crippen molar-refractivity contribution in [1.82, 2.24) is 15.2 Å². The number of rotatable bonds is 8. The first-order valence-corrected chi connectivity index (χ1v) is 13.1. The van der Waals surface area contributed by atoms with Gasteiger partial charge in [0.05, 0.1) is 11.8 Å². The molecule has 2 aliphatic rings. The van der Waals surface area contributed by atoms with Crippen LogP contribution in [0.25, 0.3) is 10.9 Å². The second kappa shape index (κ2) is 10.6. The molecule has 2 amide bonds. The van der Waals surface area contributed by atoms with Crippen molar-refractivity contribution in [3.8, 4) is 0 Å². The molecule has 6 nitrogen and oxygen atoms in total. The summed E-state index contributed by atoms with van der Waals surface area (Å²) >= 11 is 0. The molecular weight excluding hydrogens is 436 g/mol. The summed E-state index contributed by atoms with van der Waals surface area (Å²) in [7, 11) is 0. The van der Waals surface area contributed by atoms with Gasteiger partial charge < -0.3 is 15.6 Å². The van der Waals surface area contributed by atoms with Gasteiger partial charge in [-0.2, -0.15) is 0 Å². The topological polar surface area (TPSA) is 77.2 Å². The third-order valence-corrected chi connectivity index (χ3v) is 7.53.